The fraction of sp³-hybridized carbons (Fsp3) is 0.280. The molecule has 1 fully saturated rings. The molecule has 2 aromatic heterocycles. The molecule has 7 heteroatoms. The number of likely N-dealkylation sites (tertiary alicyclic amines) is 1. The van der Waals surface area contributed by atoms with Gasteiger partial charge in [0, 0.05) is 36.1 Å². The number of nitrogens with zero attached hydrogens (tertiary/aromatic N) is 4. The van der Waals surface area contributed by atoms with E-state index in [4.69, 9.17) is 0 Å². The van der Waals surface area contributed by atoms with E-state index in [1.807, 2.05) is 18.5 Å². The van der Waals surface area contributed by atoms with Gasteiger partial charge in [-0.15, -0.1) is 0 Å². The Morgan fingerprint density at radius 3 is 2.50 bits per heavy atom. The molecule has 5 rings (SSSR count). The Balaban J connectivity index is 1.40. The van der Waals surface area contributed by atoms with Crippen LogP contribution in [0.15, 0.2) is 72.0 Å². The third kappa shape index (κ3) is 4.37. The molecule has 0 saturated carbocycles. The van der Waals surface area contributed by atoms with Crippen molar-refractivity contribution in [2.24, 2.45) is 0 Å². The molecule has 6 nitrogen and oxygen atoms in total. The average Bonchev–Trinajstić information content (AvgIpc) is 3.23. The van der Waals surface area contributed by atoms with Crippen molar-refractivity contribution in [3.05, 3.63) is 72.7 Å². The summed E-state index contributed by atoms with van der Waals surface area (Å²) in [6.07, 6.45) is 10.9. The molecule has 1 aliphatic rings. The zero-order valence-electron chi connectivity index (χ0n) is 18.1. The molecule has 2 aromatic carbocycles. The van der Waals surface area contributed by atoms with E-state index in [1.54, 1.807) is 28.9 Å². The molecule has 1 N–H and O–H groups in total. The molecule has 0 bridgehead atoms. The maximum absolute atomic E-state index is 12.0. The number of aromatic nitrogens is 3. The van der Waals surface area contributed by atoms with Crippen molar-refractivity contribution in [1.29, 1.82) is 0 Å². The molecular formula is C25H27N4O2S+. The van der Waals surface area contributed by atoms with Gasteiger partial charge in [-0.2, -0.15) is 9.65 Å². The molecule has 1 aliphatic heterocycles. The predicted octanol–water partition coefficient (Wildman–Crippen LogP) is 5.01. The van der Waals surface area contributed by atoms with Crippen LogP contribution in [0.5, 0.6) is 0 Å². The maximum Gasteiger partial charge on any atom is 0.244 e. The van der Waals surface area contributed by atoms with Gasteiger partial charge in [-0.3, -0.25) is 4.90 Å². The van der Waals surface area contributed by atoms with E-state index in [-0.39, 0.29) is 0 Å². The highest BCUT2D eigenvalue weighted by Crippen LogP contribution is 2.28. The van der Waals surface area contributed by atoms with E-state index >= 15 is 0 Å². The molecule has 0 radical (unpaired) electrons. The largest absolute Gasteiger partial charge is 0.299 e. The third-order valence-corrected chi connectivity index (χ3v) is 7.21. The van der Waals surface area contributed by atoms with Crippen LogP contribution in [0.25, 0.3) is 27.9 Å². The first-order chi connectivity index (χ1) is 15.5. The minimum atomic E-state index is -3.03. The Morgan fingerprint density at radius 2 is 1.75 bits per heavy atom. The second-order valence-electron chi connectivity index (χ2n) is 8.53. The summed E-state index contributed by atoms with van der Waals surface area (Å²) in [6.45, 7) is 3.40. The molecule has 3 heterocycles. The smallest absolute Gasteiger partial charge is 0.244 e. The lowest BCUT2D eigenvalue weighted by Crippen LogP contribution is -2.28. The lowest BCUT2D eigenvalue weighted by Gasteiger charge is -2.26. The van der Waals surface area contributed by atoms with Crippen molar-refractivity contribution in [2.75, 3.05) is 19.3 Å². The normalized spacial score (nSPS) is 16.8. The third-order valence-electron chi connectivity index (χ3n) is 6.08. The Labute approximate surface area is 189 Å². The van der Waals surface area contributed by atoms with E-state index < -0.39 is 10.2 Å². The van der Waals surface area contributed by atoms with E-state index in [0.717, 1.165) is 28.8 Å². The lowest BCUT2D eigenvalue weighted by molar-refractivity contribution is 0.221. The van der Waals surface area contributed by atoms with E-state index in [1.165, 1.54) is 44.2 Å². The van der Waals surface area contributed by atoms with Gasteiger partial charge < -0.3 is 0 Å². The monoisotopic (exact) mass is 447 g/mol. The zero-order chi connectivity index (χ0) is 22.1. The maximum atomic E-state index is 12.0. The number of hydrogen-bond acceptors (Lipinski definition) is 4. The van der Waals surface area contributed by atoms with Crippen LogP contribution in [-0.2, 0) is 21.0 Å². The fourth-order valence-electron chi connectivity index (χ4n) is 4.30. The van der Waals surface area contributed by atoms with Crippen molar-refractivity contribution in [1.82, 2.24) is 19.5 Å². The van der Waals surface area contributed by atoms with Crippen molar-refractivity contribution >= 4 is 15.9 Å². The van der Waals surface area contributed by atoms with Gasteiger partial charge in [0.25, 0.3) is 0 Å². The van der Waals surface area contributed by atoms with Crippen LogP contribution in [0.2, 0.25) is 0 Å². The summed E-state index contributed by atoms with van der Waals surface area (Å²) in [6, 6.07) is 15.8. The first kappa shape index (κ1) is 21.0. The standard InChI is InChI=1S/C25H26N4O2S/c1-32(30,31)23-7-5-6-21(14-23)24-16-27-29-18-22(15-26-25(24)29)20-10-8-19(9-11-20)17-28-12-3-2-4-13-28/h5-11,14-16,18H,2-4,12-13,17H2,1H3/p+1. The molecule has 0 spiro atoms. The Bertz CT molecular complexity index is 1290. The SMILES string of the molecule is C[S+](=O)(O)c1cccc(-c2cnn3cc(-c4ccc(CN5CCCCC5)cc4)cnc23)c1. The Kier molecular flexibility index (Phi) is 5.63. The van der Waals surface area contributed by atoms with Gasteiger partial charge in [0.1, 0.15) is 6.26 Å². The second kappa shape index (κ2) is 8.58. The van der Waals surface area contributed by atoms with Gasteiger partial charge in [0.05, 0.1) is 6.20 Å². The summed E-state index contributed by atoms with van der Waals surface area (Å²) in [5, 5.41) is 4.48. The minimum Gasteiger partial charge on any atom is -0.299 e. The van der Waals surface area contributed by atoms with Crippen molar-refractivity contribution in [2.45, 2.75) is 30.7 Å². The van der Waals surface area contributed by atoms with Crippen LogP contribution in [0, 0.1) is 0 Å². The van der Waals surface area contributed by atoms with Gasteiger partial charge in [-0.05, 0) is 48.7 Å². The quantitative estimate of drug-likeness (QED) is 0.436. The summed E-state index contributed by atoms with van der Waals surface area (Å²) < 4.78 is 23.7. The van der Waals surface area contributed by atoms with Crippen molar-refractivity contribution in [3.63, 3.8) is 0 Å². The van der Waals surface area contributed by atoms with Gasteiger partial charge in [-0.25, -0.2) is 9.50 Å². The molecule has 0 aliphatic carbocycles. The summed E-state index contributed by atoms with van der Waals surface area (Å²) in [7, 11) is -3.03. The summed E-state index contributed by atoms with van der Waals surface area (Å²) in [5.74, 6) is 0. The van der Waals surface area contributed by atoms with E-state index in [2.05, 4.69) is 39.2 Å². The highest BCUT2D eigenvalue weighted by Gasteiger charge is 2.22. The molecule has 1 atom stereocenters. The van der Waals surface area contributed by atoms with E-state index in [0.29, 0.717) is 10.5 Å². The molecule has 0 amide bonds. The highest BCUT2D eigenvalue weighted by molar-refractivity contribution is 7.97. The second-order valence-corrected chi connectivity index (χ2v) is 10.6. The van der Waals surface area contributed by atoms with Crippen LogP contribution in [0.1, 0.15) is 24.8 Å². The summed E-state index contributed by atoms with van der Waals surface area (Å²) in [4.78, 5) is 7.59. The number of fused-ring (bicyclic) bond motifs is 1. The number of hydrogen-bond donors (Lipinski definition) is 1. The summed E-state index contributed by atoms with van der Waals surface area (Å²) in [5.41, 5.74) is 5.81. The van der Waals surface area contributed by atoms with Crippen LogP contribution in [-0.4, -0.2) is 43.4 Å². The van der Waals surface area contributed by atoms with Gasteiger partial charge in [0.15, 0.2) is 10.5 Å². The van der Waals surface area contributed by atoms with Crippen LogP contribution >= 0.6 is 0 Å². The van der Waals surface area contributed by atoms with Crippen molar-refractivity contribution in [3.8, 4) is 22.3 Å². The molecule has 1 saturated heterocycles. The Morgan fingerprint density at radius 1 is 0.969 bits per heavy atom. The van der Waals surface area contributed by atoms with Gasteiger partial charge in [0.2, 0.25) is 10.2 Å². The molecule has 1 unspecified atom stereocenters. The first-order valence-corrected chi connectivity index (χ1v) is 12.9. The fourth-order valence-corrected chi connectivity index (χ4v) is 4.98. The van der Waals surface area contributed by atoms with Gasteiger partial charge in [-0.1, -0.05) is 47.0 Å². The number of rotatable bonds is 5. The lowest BCUT2D eigenvalue weighted by atomic mass is 10.1. The van der Waals surface area contributed by atoms with Crippen LogP contribution < -0.4 is 0 Å². The van der Waals surface area contributed by atoms with Gasteiger partial charge >= 0.3 is 0 Å². The Hall–Kier alpha value is -2.87. The van der Waals surface area contributed by atoms with Crippen molar-refractivity contribution < 1.29 is 8.76 Å². The summed E-state index contributed by atoms with van der Waals surface area (Å²) >= 11 is 0. The molecular weight excluding hydrogens is 420 g/mol. The molecule has 4 aromatic rings. The highest BCUT2D eigenvalue weighted by atomic mass is 32.3. The van der Waals surface area contributed by atoms with Crippen LogP contribution in [0.4, 0.5) is 0 Å². The number of piperidine rings is 1. The minimum absolute atomic E-state index is 0.399. The van der Waals surface area contributed by atoms with E-state index in [9.17, 15) is 8.76 Å². The van der Waals surface area contributed by atoms with Crippen LogP contribution in [0.3, 0.4) is 0 Å². The first-order valence-electron chi connectivity index (χ1n) is 10.9. The predicted molar refractivity (Wildman–Crippen MR) is 128 cm³/mol. The average molecular weight is 448 g/mol. The number of benzene rings is 2. The zero-order valence-corrected chi connectivity index (χ0v) is 19.0. The molecule has 32 heavy (non-hydrogen) atoms. The topological polar surface area (TPSA) is 70.7 Å². The molecule has 164 valence electrons.